The van der Waals surface area contributed by atoms with E-state index in [2.05, 4.69) is 41.3 Å². The van der Waals surface area contributed by atoms with Crippen molar-refractivity contribution in [1.29, 1.82) is 0 Å². The van der Waals surface area contributed by atoms with Gasteiger partial charge in [0.15, 0.2) is 5.69 Å². The van der Waals surface area contributed by atoms with Crippen LogP contribution in [0.5, 0.6) is 0 Å². The van der Waals surface area contributed by atoms with Crippen LogP contribution in [-0.2, 0) is 0 Å². The topological polar surface area (TPSA) is 63.1 Å². The van der Waals surface area contributed by atoms with Crippen LogP contribution in [0.3, 0.4) is 0 Å². The Morgan fingerprint density at radius 3 is 2.41 bits per heavy atom. The normalized spacial score (nSPS) is 13.5. The maximum Gasteiger partial charge on any atom is 0.278 e. The van der Waals surface area contributed by atoms with Gasteiger partial charge in [-0.25, -0.2) is 4.68 Å². The van der Waals surface area contributed by atoms with Crippen molar-refractivity contribution < 1.29 is 4.79 Å². The fourth-order valence-corrected chi connectivity index (χ4v) is 3.71. The molecule has 1 N–H and O–H groups in total. The van der Waals surface area contributed by atoms with Crippen molar-refractivity contribution in [3.8, 4) is 5.69 Å². The van der Waals surface area contributed by atoms with Gasteiger partial charge in [-0.05, 0) is 70.0 Å². The highest BCUT2D eigenvalue weighted by Crippen LogP contribution is 2.42. The molecule has 1 aromatic heterocycles. The molecular formula is C23H27N5O. The number of anilines is 2. The van der Waals surface area contributed by atoms with Gasteiger partial charge in [0.25, 0.3) is 5.91 Å². The van der Waals surface area contributed by atoms with Gasteiger partial charge in [-0.1, -0.05) is 23.4 Å². The number of carbonyl (C=O) groups excluding carboxylic acids is 1. The average molecular weight is 390 g/mol. The maximum atomic E-state index is 13.0. The predicted octanol–water partition coefficient (Wildman–Crippen LogP) is 4.63. The van der Waals surface area contributed by atoms with Crippen molar-refractivity contribution in [3.05, 3.63) is 66.0 Å². The standard InChI is InChI=1S/C23H27N5O/c1-4-27(16(2)3)19-14-12-18(13-15-19)24-23(29)21-22(17-10-11-17)28(26-25-21)20-8-6-5-7-9-20/h5-9,12-17H,4,10-11H2,1-3H3,(H,24,29). The molecule has 0 bridgehead atoms. The average Bonchev–Trinajstić information content (AvgIpc) is 3.47. The Morgan fingerprint density at radius 2 is 1.83 bits per heavy atom. The van der Waals surface area contributed by atoms with E-state index in [4.69, 9.17) is 0 Å². The van der Waals surface area contributed by atoms with Gasteiger partial charge in [-0.2, -0.15) is 0 Å². The number of amides is 1. The molecule has 2 aromatic carbocycles. The van der Waals surface area contributed by atoms with Gasteiger partial charge in [-0.15, -0.1) is 5.10 Å². The monoisotopic (exact) mass is 389 g/mol. The minimum Gasteiger partial charge on any atom is -0.369 e. The zero-order chi connectivity index (χ0) is 20.4. The van der Waals surface area contributed by atoms with Gasteiger partial charge in [0, 0.05) is 29.9 Å². The summed E-state index contributed by atoms with van der Waals surface area (Å²) in [4.78, 5) is 15.3. The van der Waals surface area contributed by atoms with Crippen LogP contribution in [0.25, 0.3) is 5.69 Å². The molecule has 1 amide bonds. The largest absolute Gasteiger partial charge is 0.369 e. The molecule has 4 rings (SSSR count). The van der Waals surface area contributed by atoms with Crippen LogP contribution < -0.4 is 10.2 Å². The summed E-state index contributed by atoms with van der Waals surface area (Å²) < 4.78 is 1.80. The number of benzene rings is 2. The molecule has 3 aromatic rings. The van der Waals surface area contributed by atoms with Crippen LogP contribution in [0.2, 0.25) is 0 Å². The Labute approximate surface area is 171 Å². The Morgan fingerprint density at radius 1 is 1.14 bits per heavy atom. The molecule has 0 radical (unpaired) electrons. The quantitative estimate of drug-likeness (QED) is 0.640. The molecule has 150 valence electrons. The lowest BCUT2D eigenvalue weighted by Crippen LogP contribution is -2.30. The Hall–Kier alpha value is -3.15. The van der Waals surface area contributed by atoms with Crippen LogP contribution in [-0.4, -0.2) is 33.5 Å². The number of nitrogens with zero attached hydrogens (tertiary/aromatic N) is 4. The van der Waals surface area contributed by atoms with E-state index in [1.54, 1.807) is 4.68 Å². The van der Waals surface area contributed by atoms with E-state index in [-0.39, 0.29) is 5.91 Å². The smallest absolute Gasteiger partial charge is 0.278 e. The summed E-state index contributed by atoms with van der Waals surface area (Å²) in [6, 6.07) is 18.3. The second-order valence-corrected chi connectivity index (χ2v) is 7.73. The SMILES string of the molecule is CCN(c1ccc(NC(=O)c2nnn(-c3ccccc3)c2C2CC2)cc1)C(C)C. The number of rotatable bonds is 7. The molecule has 0 spiro atoms. The molecule has 29 heavy (non-hydrogen) atoms. The minimum absolute atomic E-state index is 0.210. The summed E-state index contributed by atoms with van der Waals surface area (Å²) in [6.45, 7) is 7.44. The summed E-state index contributed by atoms with van der Waals surface area (Å²) in [5, 5.41) is 11.5. The summed E-state index contributed by atoms with van der Waals surface area (Å²) in [5.41, 5.74) is 4.16. The number of aromatic nitrogens is 3. The van der Waals surface area contributed by atoms with Crippen molar-refractivity contribution in [2.24, 2.45) is 0 Å². The van der Waals surface area contributed by atoms with Crippen molar-refractivity contribution in [2.75, 3.05) is 16.8 Å². The van der Waals surface area contributed by atoms with Gasteiger partial charge >= 0.3 is 0 Å². The number of hydrogen-bond acceptors (Lipinski definition) is 4. The van der Waals surface area contributed by atoms with E-state index >= 15 is 0 Å². The first-order valence-corrected chi connectivity index (χ1v) is 10.3. The molecule has 1 aliphatic carbocycles. The molecule has 0 atom stereocenters. The first kappa shape index (κ1) is 19.2. The molecule has 1 saturated carbocycles. The highest BCUT2D eigenvalue weighted by atomic mass is 16.2. The molecule has 1 fully saturated rings. The molecule has 0 aliphatic heterocycles. The van der Waals surface area contributed by atoms with Gasteiger partial charge in [0.2, 0.25) is 0 Å². The number of nitrogens with one attached hydrogen (secondary N) is 1. The van der Waals surface area contributed by atoms with Crippen molar-refractivity contribution in [2.45, 2.75) is 45.6 Å². The second kappa shape index (κ2) is 8.07. The maximum absolute atomic E-state index is 13.0. The van der Waals surface area contributed by atoms with E-state index in [9.17, 15) is 4.79 Å². The second-order valence-electron chi connectivity index (χ2n) is 7.73. The van der Waals surface area contributed by atoms with Crippen molar-refractivity contribution >= 4 is 17.3 Å². The first-order valence-electron chi connectivity index (χ1n) is 10.3. The van der Waals surface area contributed by atoms with Crippen molar-refractivity contribution in [3.63, 3.8) is 0 Å². The van der Waals surface area contributed by atoms with E-state index in [0.717, 1.165) is 42.1 Å². The lowest BCUT2D eigenvalue weighted by molar-refractivity contribution is 0.102. The van der Waals surface area contributed by atoms with E-state index in [1.807, 2.05) is 54.6 Å². The van der Waals surface area contributed by atoms with Crippen LogP contribution in [0.15, 0.2) is 54.6 Å². The lowest BCUT2D eigenvalue weighted by atomic mass is 10.2. The molecular weight excluding hydrogens is 362 g/mol. The third-order valence-electron chi connectivity index (χ3n) is 5.31. The minimum atomic E-state index is -0.210. The fourth-order valence-electron chi connectivity index (χ4n) is 3.71. The van der Waals surface area contributed by atoms with Crippen LogP contribution in [0.4, 0.5) is 11.4 Å². The third-order valence-corrected chi connectivity index (χ3v) is 5.31. The summed E-state index contributed by atoms with van der Waals surface area (Å²) >= 11 is 0. The molecule has 6 nitrogen and oxygen atoms in total. The zero-order valence-corrected chi connectivity index (χ0v) is 17.2. The zero-order valence-electron chi connectivity index (χ0n) is 17.2. The summed E-state index contributed by atoms with van der Waals surface area (Å²) in [7, 11) is 0. The summed E-state index contributed by atoms with van der Waals surface area (Å²) in [6.07, 6.45) is 2.13. The molecule has 1 aliphatic rings. The number of hydrogen-bond donors (Lipinski definition) is 1. The van der Waals surface area contributed by atoms with Crippen LogP contribution >= 0.6 is 0 Å². The fraction of sp³-hybridized carbons (Fsp3) is 0.348. The lowest BCUT2D eigenvalue weighted by Gasteiger charge is -2.27. The van der Waals surface area contributed by atoms with Crippen molar-refractivity contribution in [1.82, 2.24) is 15.0 Å². The van der Waals surface area contributed by atoms with Gasteiger partial charge in [0.05, 0.1) is 11.4 Å². The highest BCUT2D eigenvalue weighted by Gasteiger charge is 2.34. The Bertz CT molecular complexity index is 974. The van der Waals surface area contributed by atoms with Gasteiger partial charge in [0.1, 0.15) is 0 Å². The van der Waals surface area contributed by atoms with Crippen LogP contribution in [0.1, 0.15) is 55.7 Å². The Kier molecular flexibility index (Phi) is 5.34. The number of carbonyl (C=O) groups is 1. The molecule has 1 heterocycles. The first-order chi connectivity index (χ1) is 14.1. The van der Waals surface area contributed by atoms with Crippen LogP contribution in [0, 0.1) is 0 Å². The molecule has 6 heteroatoms. The van der Waals surface area contributed by atoms with E-state index in [0.29, 0.717) is 17.7 Å². The Balaban J connectivity index is 1.56. The number of para-hydroxylation sites is 1. The molecule has 0 saturated heterocycles. The predicted molar refractivity (Wildman–Crippen MR) is 116 cm³/mol. The molecule has 0 unspecified atom stereocenters. The van der Waals surface area contributed by atoms with E-state index in [1.165, 1.54) is 0 Å². The van der Waals surface area contributed by atoms with E-state index < -0.39 is 0 Å². The van der Waals surface area contributed by atoms with Gasteiger partial charge < -0.3 is 10.2 Å². The van der Waals surface area contributed by atoms with Gasteiger partial charge in [-0.3, -0.25) is 4.79 Å². The summed E-state index contributed by atoms with van der Waals surface area (Å²) in [5.74, 6) is 0.135. The third kappa shape index (κ3) is 4.01. The highest BCUT2D eigenvalue weighted by molar-refractivity contribution is 6.03.